The van der Waals surface area contributed by atoms with Crippen LogP contribution in [0.15, 0.2) is 24.3 Å². The molecular weight excluding hydrogens is 350 g/mol. The van der Waals surface area contributed by atoms with Gasteiger partial charge in [-0.05, 0) is 26.0 Å². The lowest BCUT2D eigenvalue weighted by Gasteiger charge is -2.36. The van der Waals surface area contributed by atoms with Crippen LogP contribution >= 0.6 is 0 Å². The van der Waals surface area contributed by atoms with Gasteiger partial charge >= 0.3 is 5.69 Å². The van der Waals surface area contributed by atoms with Crippen LogP contribution in [0.2, 0.25) is 0 Å². The van der Waals surface area contributed by atoms with Crippen molar-refractivity contribution < 1.29 is 14.5 Å². The number of methoxy groups -OCH3 is 1. The highest BCUT2D eigenvalue weighted by Crippen LogP contribution is 2.23. The first-order chi connectivity index (χ1) is 12.9. The molecule has 1 aliphatic rings. The Morgan fingerprint density at radius 1 is 1.26 bits per heavy atom. The Hall–Kier alpha value is -3.10. The predicted molar refractivity (Wildman–Crippen MR) is 100 cm³/mol. The second-order valence-electron chi connectivity index (χ2n) is 6.50. The van der Waals surface area contributed by atoms with Crippen LogP contribution in [-0.2, 0) is 11.3 Å². The van der Waals surface area contributed by atoms with Gasteiger partial charge in [0.15, 0.2) is 0 Å². The third-order valence-corrected chi connectivity index (χ3v) is 4.86. The second kappa shape index (κ2) is 7.65. The molecule has 144 valence electrons. The largest absolute Gasteiger partial charge is 0.497 e. The van der Waals surface area contributed by atoms with E-state index in [0.717, 1.165) is 24.5 Å². The fourth-order valence-corrected chi connectivity index (χ4v) is 3.35. The van der Waals surface area contributed by atoms with Crippen LogP contribution in [-0.4, -0.2) is 58.8 Å². The molecule has 1 saturated heterocycles. The molecule has 9 nitrogen and oxygen atoms in total. The summed E-state index contributed by atoms with van der Waals surface area (Å²) in [5.74, 6) is 0.720. The van der Waals surface area contributed by atoms with Gasteiger partial charge in [-0.15, -0.1) is 0 Å². The number of nitrogens with zero attached hydrogens (tertiary/aromatic N) is 5. The number of hydrogen-bond donors (Lipinski definition) is 0. The van der Waals surface area contributed by atoms with Crippen LogP contribution in [0.4, 0.5) is 11.4 Å². The van der Waals surface area contributed by atoms with E-state index < -0.39 is 4.92 Å². The lowest BCUT2D eigenvalue weighted by Crippen LogP contribution is -2.49. The van der Waals surface area contributed by atoms with E-state index in [9.17, 15) is 14.9 Å². The molecular formula is C18H23N5O4. The average Bonchev–Trinajstić information content (AvgIpc) is 2.95. The van der Waals surface area contributed by atoms with Gasteiger partial charge < -0.3 is 14.5 Å². The molecule has 0 atom stereocenters. The summed E-state index contributed by atoms with van der Waals surface area (Å²) in [6.45, 7) is 5.84. The SMILES string of the molecule is COc1cccc(N2CCN(C(=O)Cn3nc(C)c([N+](=O)[O-])c3C)CC2)c1. The number of benzene rings is 1. The highest BCUT2D eigenvalue weighted by atomic mass is 16.6. The van der Waals surface area contributed by atoms with Crippen molar-refractivity contribution in [3.05, 3.63) is 45.8 Å². The molecule has 2 heterocycles. The summed E-state index contributed by atoms with van der Waals surface area (Å²) >= 11 is 0. The molecule has 1 aliphatic heterocycles. The van der Waals surface area contributed by atoms with Crippen LogP contribution < -0.4 is 9.64 Å². The fraction of sp³-hybridized carbons (Fsp3) is 0.444. The maximum Gasteiger partial charge on any atom is 0.312 e. The van der Waals surface area contributed by atoms with Crippen molar-refractivity contribution in [2.24, 2.45) is 0 Å². The minimum atomic E-state index is -0.453. The number of aryl methyl sites for hydroxylation is 1. The van der Waals surface area contributed by atoms with Crippen LogP contribution in [0.3, 0.4) is 0 Å². The van der Waals surface area contributed by atoms with Crippen molar-refractivity contribution in [1.82, 2.24) is 14.7 Å². The monoisotopic (exact) mass is 373 g/mol. The first-order valence-corrected chi connectivity index (χ1v) is 8.76. The van der Waals surface area contributed by atoms with E-state index in [0.29, 0.717) is 24.5 Å². The number of aromatic nitrogens is 2. The summed E-state index contributed by atoms with van der Waals surface area (Å²) in [5.41, 5.74) is 1.77. The Morgan fingerprint density at radius 3 is 2.56 bits per heavy atom. The number of carbonyl (C=O) groups is 1. The molecule has 0 unspecified atom stereocenters. The summed E-state index contributed by atoms with van der Waals surface area (Å²) in [7, 11) is 1.64. The van der Waals surface area contributed by atoms with E-state index in [-0.39, 0.29) is 18.1 Å². The number of nitro groups is 1. The molecule has 9 heteroatoms. The summed E-state index contributed by atoms with van der Waals surface area (Å²) in [4.78, 5) is 27.2. The highest BCUT2D eigenvalue weighted by Gasteiger charge is 2.26. The Morgan fingerprint density at radius 2 is 1.96 bits per heavy atom. The van der Waals surface area contributed by atoms with Crippen molar-refractivity contribution in [1.29, 1.82) is 0 Å². The van der Waals surface area contributed by atoms with Gasteiger partial charge in [-0.2, -0.15) is 5.10 Å². The Labute approximate surface area is 157 Å². The van der Waals surface area contributed by atoms with Crippen molar-refractivity contribution >= 4 is 17.3 Å². The van der Waals surface area contributed by atoms with Gasteiger partial charge in [0.05, 0.1) is 12.0 Å². The molecule has 0 saturated carbocycles. The lowest BCUT2D eigenvalue weighted by atomic mass is 10.2. The highest BCUT2D eigenvalue weighted by molar-refractivity contribution is 5.76. The fourth-order valence-electron chi connectivity index (χ4n) is 3.35. The number of anilines is 1. The Balaban J connectivity index is 1.62. The Bertz CT molecular complexity index is 855. The van der Waals surface area contributed by atoms with Gasteiger partial charge in [-0.1, -0.05) is 6.07 Å². The zero-order valence-electron chi connectivity index (χ0n) is 15.7. The van der Waals surface area contributed by atoms with E-state index >= 15 is 0 Å². The molecule has 1 fully saturated rings. The molecule has 3 rings (SSSR count). The average molecular weight is 373 g/mol. The second-order valence-corrected chi connectivity index (χ2v) is 6.50. The van der Waals surface area contributed by atoms with Gasteiger partial charge in [0.1, 0.15) is 23.7 Å². The molecule has 0 bridgehead atoms. The van der Waals surface area contributed by atoms with Gasteiger partial charge in [-0.25, -0.2) is 0 Å². The minimum Gasteiger partial charge on any atom is -0.497 e. The Kier molecular flexibility index (Phi) is 5.29. The maximum atomic E-state index is 12.6. The molecule has 0 aliphatic carbocycles. The molecule has 1 aromatic heterocycles. The van der Waals surface area contributed by atoms with E-state index in [2.05, 4.69) is 10.00 Å². The summed E-state index contributed by atoms with van der Waals surface area (Å²) in [6.07, 6.45) is 0. The number of rotatable bonds is 5. The summed E-state index contributed by atoms with van der Waals surface area (Å²) in [6, 6.07) is 7.85. The van der Waals surface area contributed by atoms with Crippen LogP contribution in [0.5, 0.6) is 5.75 Å². The lowest BCUT2D eigenvalue weighted by molar-refractivity contribution is -0.386. The number of carbonyl (C=O) groups excluding carboxylic acids is 1. The molecule has 27 heavy (non-hydrogen) atoms. The first kappa shape index (κ1) is 18.7. The minimum absolute atomic E-state index is 0.0136. The molecule has 0 N–H and O–H groups in total. The number of piperazine rings is 1. The third kappa shape index (κ3) is 3.86. The van der Waals surface area contributed by atoms with Gasteiger partial charge in [0, 0.05) is 37.9 Å². The first-order valence-electron chi connectivity index (χ1n) is 8.76. The molecule has 1 aromatic carbocycles. The topological polar surface area (TPSA) is 93.7 Å². The van der Waals surface area contributed by atoms with Gasteiger partial charge in [-0.3, -0.25) is 19.6 Å². The number of hydrogen-bond acceptors (Lipinski definition) is 6. The zero-order chi connectivity index (χ0) is 19.6. The van der Waals surface area contributed by atoms with Crippen LogP contribution in [0.1, 0.15) is 11.4 Å². The normalized spacial score (nSPS) is 14.3. The van der Waals surface area contributed by atoms with Gasteiger partial charge in [0.25, 0.3) is 0 Å². The van der Waals surface area contributed by atoms with Crippen molar-refractivity contribution in [3.8, 4) is 5.75 Å². The standard InChI is InChI=1S/C18H23N5O4/c1-13-18(23(25)26)14(2)22(19-13)12-17(24)21-9-7-20(8-10-21)15-5-4-6-16(11-15)27-3/h4-6,11H,7-10,12H2,1-3H3. The van der Waals surface area contributed by atoms with Crippen molar-refractivity contribution in [2.75, 3.05) is 38.2 Å². The quantitative estimate of drug-likeness (QED) is 0.586. The van der Waals surface area contributed by atoms with E-state index in [1.807, 2.05) is 24.3 Å². The predicted octanol–water partition coefficient (Wildman–Crippen LogP) is 1.77. The molecule has 2 aromatic rings. The molecule has 1 amide bonds. The number of ether oxygens (including phenoxy) is 1. The van der Waals surface area contributed by atoms with Crippen molar-refractivity contribution in [3.63, 3.8) is 0 Å². The van der Waals surface area contributed by atoms with Crippen LogP contribution in [0, 0.1) is 24.0 Å². The molecule has 0 radical (unpaired) electrons. The number of amides is 1. The van der Waals surface area contributed by atoms with E-state index in [1.54, 1.807) is 25.9 Å². The van der Waals surface area contributed by atoms with Crippen molar-refractivity contribution in [2.45, 2.75) is 20.4 Å². The maximum absolute atomic E-state index is 12.6. The van der Waals surface area contributed by atoms with Crippen LogP contribution in [0.25, 0.3) is 0 Å². The zero-order valence-corrected chi connectivity index (χ0v) is 15.7. The smallest absolute Gasteiger partial charge is 0.312 e. The summed E-state index contributed by atoms with van der Waals surface area (Å²) in [5, 5.41) is 15.3. The molecule has 0 spiro atoms. The summed E-state index contributed by atoms with van der Waals surface area (Å²) < 4.78 is 6.68. The van der Waals surface area contributed by atoms with E-state index in [1.165, 1.54) is 4.68 Å². The van der Waals surface area contributed by atoms with Gasteiger partial charge in [0.2, 0.25) is 5.91 Å². The third-order valence-electron chi connectivity index (χ3n) is 4.86. The van der Waals surface area contributed by atoms with E-state index in [4.69, 9.17) is 4.74 Å².